The van der Waals surface area contributed by atoms with Crippen LogP contribution in [0, 0.1) is 6.92 Å². The molecule has 14 heavy (non-hydrogen) atoms. The van der Waals surface area contributed by atoms with Crippen LogP contribution in [-0.2, 0) is 0 Å². The number of anilines is 1. The van der Waals surface area contributed by atoms with Crippen molar-refractivity contribution in [1.82, 2.24) is 10.1 Å². The molecule has 0 spiro atoms. The van der Waals surface area contributed by atoms with E-state index in [0.29, 0.717) is 5.88 Å². The number of nitrogens with two attached hydrogens (primary N) is 1. The molecule has 4 heteroatoms. The van der Waals surface area contributed by atoms with Gasteiger partial charge in [-0.2, -0.15) is 0 Å². The fourth-order valence-electron chi connectivity index (χ4n) is 1.78. The standard InChI is InChI=1S/C10H15N3O/c1-7-9(10(11)14-12-7)8-3-5-13(2)6-4-8/h3H,4-6,11H2,1-2H3. The summed E-state index contributed by atoms with van der Waals surface area (Å²) in [6.07, 6.45) is 3.21. The Morgan fingerprint density at radius 2 is 2.36 bits per heavy atom. The van der Waals surface area contributed by atoms with Crippen LogP contribution in [0.5, 0.6) is 0 Å². The van der Waals surface area contributed by atoms with E-state index in [9.17, 15) is 0 Å². The Hall–Kier alpha value is -1.29. The zero-order valence-electron chi connectivity index (χ0n) is 8.58. The average Bonchev–Trinajstić information content (AvgIpc) is 2.49. The van der Waals surface area contributed by atoms with Crippen molar-refractivity contribution in [2.75, 3.05) is 25.9 Å². The monoisotopic (exact) mass is 193 g/mol. The largest absolute Gasteiger partial charge is 0.367 e. The molecule has 2 rings (SSSR count). The molecule has 0 unspecified atom stereocenters. The van der Waals surface area contributed by atoms with Gasteiger partial charge in [0.1, 0.15) is 0 Å². The smallest absolute Gasteiger partial charge is 0.229 e. The summed E-state index contributed by atoms with van der Waals surface area (Å²) in [4.78, 5) is 2.27. The van der Waals surface area contributed by atoms with E-state index in [1.807, 2.05) is 6.92 Å². The first-order valence-electron chi connectivity index (χ1n) is 4.78. The summed E-state index contributed by atoms with van der Waals surface area (Å²) < 4.78 is 4.95. The van der Waals surface area contributed by atoms with Gasteiger partial charge in [-0.1, -0.05) is 11.2 Å². The molecule has 76 valence electrons. The van der Waals surface area contributed by atoms with Crippen molar-refractivity contribution in [3.8, 4) is 0 Å². The molecule has 1 aliphatic rings. The lowest BCUT2D eigenvalue weighted by Gasteiger charge is -2.21. The number of hydrogen-bond acceptors (Lipinski definition) is 4. The van der Waals surface area contributed by atoms with Gasteiger partial charge in [0.25, 0.3) is 0 Å². The molecule has 0 bridgehead atoms. The quantitative estimate of drug-likeness (QED) is 0.730. The van der Waals surface area contributed by atoms with E-state index in [0.717, 1.165) is 30.8 Å². The van der Waals surface area contributed by atoms with Crippen LogP contribution in [-0.4, -0.2) is 30.2 Å². The number of rotatable bonds is 1. The lowest BCUT2D eigenvalue weighted by atomic mass is 10.00. The molecule has 2 heterocycles. The van der Waals surface area contributed by atoms with Crippen molar-refractivity contribution in [3.63, 3.8) is 0 Å². The fraction of sp³-hybridized carbons (Fsp3) is 0.500. The summed E-state index contributed by atoms with van der Waals surface area (Å²) in [6, 6.07) is 0. The van der Waals surface area contributed by atoms with Gasteiger partial charge in [-0.25, -0.2) is 0 Å². The Morgan fingerprint density at radius 3 is 2.86 bits per heavy atom. The van der Waals surface area contributed by atoms with Crippen molar-refractivity contribution in [2.45, 2.75) is 13.3 Å². The first-order chi connectivity index (χ1) is 6.68. The Balaban J connectivity index is 2.32. The van der Waals surface area contributed by atoms with Gasteiger partial charge < -0.3 is 15.2 Å². The fourth-order valence-corrected chi connectivity index (χ4v) is 1.78. The summed E-state index contributed by atoms with van der Waals surface area (Å²) in [5.41, 5.74) is 8.87. The van der Waals surface area contributed by atoms with Gasteiger partial charge in [0.15, 0.2) is 0 Å². The molecule has 1 aromatic heterocycles. The van der Waals surface area contributed by atoms with Gasteiger partial charge in [0.2, 0.25) is 5.88 Å². The van der Waals surface area contributed by atoms with Gasteiger partial charge in [-0.15, -0.1) is 0 Å². The molecule has 0 saturated heterocycles. The maximum absolute atomic E-state index is 5.72. The molecule has 1 aliphatic heterocycles. The predicted octanol–water partition coefficient (Wildman–Crippen LogP) is 1.28. The van der Waals surface area contributed by atoms with Crippen LogP contribution >= 0.6 is 0 Å². The number of hydrogen-bond donors (Lipinski definition) is 1. The molecule has 2 N–H and O–H groups in total. The van der Waals surface area contributed by atoms with Crippen LogP contribution in [0.1, 0.15) is 17.7 Å². The summed E-state index contributed by atoms with van der Waals surface area (Å²) >= 11 is 0. The van der Waals surface area contributed by atoms with Gasteiger partial charge in [-0.3, -0.25) is 0 Å². The van der Waals surface area contributed by atoms with Crippen molar-refractivity contribution >= 4 is 11.5 Å². The number of nitrogens with zero attached hydrogens (tertiary/aromatic N) is 2. The van der Waals surface area contributed by atoms with E-state index >= 15 is 0 Å². The predicted molar refractivity (Wildman–Crippen MR) is 55.7 cm³/mol. The van der Waals surface area contributed by atoms with Crippen LogP contribution < -0.4 is 5.73 Å². The minimum atomic E-state index is 0.443. The molecule has 0 amide bonds. The number of likely N-dealkylation sites (N-methyl/N-ethyl adjacent to an activating group) is 1. The van der Waals surface area contributed by atoms with E-state index in [1.165, 1.54) is 5.57 Å². The normalized spacial score (nSPS) is 18.3. The number of aryl methyl sites for hydroxylation is 1. The Bertz CT molecular complexity index is 348. The maximum Gasteiger partial charge on any atom is 0.229 e. The van der Waals surface area contributed by atoms with Crippen LogP contribution in [0.3, 0.4) is 0 Å². The highest BCUT2D eigenvalue weighted by Gasteiger charge is 2.17. The summed E-state index contributed by atoms with van der Waals surface area (Å²) in [7, 11) is 2.11. The molecular weight excluding hydrogens is 178 g/mol. The molecule has 0 aromatic carbocycles. The van der Waals surface area contributed by atoms with Crippen LogP contribution in [0.2, 0.25) is 0 Å². The summed E-state index contributed by atoms with van der Waals surface area (Å²) in [5, 5.41) is 3.86. The lowest BCUT2D eigenvalue weighted by molar-refractivity contribution is 0.370. The third-order valence-electron chi connectivity index (χ3n) is 2.62. The van der Waals surface area contributed by atoms with Crippen molar-refractivity contribution in [2.24, 2.45) is 0 Å². The third kappa shape index (κ3) is 1.53. The summed E-state index contributed by atoms with van der Waals surface area (Å²) in [5.74, 6) is 0.443. The average molecular weight is 193 g/mol. The van der Waals surface area contributed by atoms with E-state index in [2.05, 4.69) is 23.2 Å². The molecule has 0 aliphatic carbocycles. The third-order valence-corrected chi connectivity index (χ3v) is 2.62. The number of aromatic nitrogens is 1. The van der Waals surface area contributed by atoms with Crippen molar-refractivity contribution < 1.29 is 4.52 Å². The Morgan fingerprint density at radius 1 is 1.57 bits per heavy atom. The topological polar surface area (TPSA) is 55.3 Å². The maximum atomic E-state index is 5.72. The molecule has 0 saturated carbocycles. The molecule has 1 aromatic rings. The first kappa shape index (κ1) is 9.27. The minimum Gasteiger partial charge on any atom is -0.367 e. The van der Waals surface area contributed by atoms with E-state index in [-0.39, 0.29) is 0 Å². The second-order valence-corrected chi connectivity index (χ2v) is 3.75. The van der Waals surface area contributed by atoms with Gasteiger partial charge >= 0.3 is 0 Å². The van der Waals surface area contributed by atoms with Crippen LogP contribution in [0.25, 0.3) is 5.57 Å². The van der Waals surface area contributed by atoms with E-state index < -0.39 is 0 Å². The molecule has 0 fully saturated rings. The van der Waals surface area contributed by atoms with E-state index in [1.54, 1.807) is 0 Å². The summed E-state index contributed by atoms with van der Waals surface area (Å²) in [6.45, 7) is 3.96. The lowest BCUT2D eigenvalue weighted by Crippen LogP contribution is -2.23. The van der Waals surface area contributed by atoms with E-state index in [4.69, 9.17) is 10.3 Å². The second kappa shape index (κ2) is 3.46. The highest BCUT2D eigenvalue weighted by molar-refractivity contribution is 5.74. The second-order valence-electron chi connectivity index (χ2n) is 3.75. The van der Waals surface area contributed by atoms with Crippen LogP contribution in [0.15, 0.2) is 10.6 Å². The molecule has 0 radical (unpaired) electrons. The highest BCUT2D eigenvalue weighted by atomic mass is 16.5. The Kier molecular flexibility index (Phi) is 2.29. The highest BCUT2D eigenvalue weighted by Crippen LogP contribution is 2.29. The van der Waals surface area contributed by atoms with Crippen molar-refractivity contribution in [3.05, 3.63) is 17.3 Å². The SMILES string of the molecule is Cc1noc(N)c1C1=CCN(C)CC1. The van der Waals surface area contributed by atoms with Crippen molar-refractivity contribution in [1.29, 1.82) is 0 Å². The zero-order valence-corrected chi connectivity index (χ0v) is 8.58. The van der Waals surface area contributed by atoms with Gasteiger partial charge in [-0.05, 0) is 26.0 Å². The first-order valence-corrected chi connectivity index (χ1v) is 4.78. The molecular formula is C10H15N3O. The number of nitrogen functional groups attached to an aromatic ring is 1. The zero-order chi connectivity index (χ0) is 10.1. The van der Waals surface area contributed by atoms with Gasteiger partial charge in [0.05, 0.1) is 11.3 Å². The van der Waals surface area contributed by atoms with Gasteiger partial charge in [0, 0.05) is 13.1 Å². The molecule has 4 nitrogen and oxygen atoms in total. The van der Waals surface area contributed by atoms with Crippen LogP contribution in [0.4, 0.5) is 5.88 Å². The molecule has 0 atom stereocenters. The Labute approximate surface area is 83.4 Å². The minimum absolute atomic E-state index is 0.443.